The molecule has 4 nitrogen and oxygen atoms in total. The number of hydrogen-bond donors (Lipinski definition) is 2. The second-order valence-corrected chi connectivity index (χ2v) is 4.42. The molecular formula is C13H19FN2O2. The van der Waals surface area contributed by atoms with Crippen LogP contribution in [0.15, 0.2) is 18.2 Å². The molecule has 1 atom stereocenters. The number of carbonyl (C=O) groups is 1. The largest absolute Gasteiger partial charge is 0.497 e. The van der Waals surface area contributed by atoms with Crippen molar-refractivity contribution in [2.75, 3.05) is 13.7 Å². The first kappa shape index (κ1) is 14.4. The Morgan fingerprint density at radius 3 is 2.67 bits per heavy atom. The van der Waals surface area contributed by atoms with Crippen LogP contribution in [0.3, 0.4) is 0 Å². The van der Waals surface area contributed by atoms with Crippen molar-refractivity contribution in [1.29, 1.82) is 0 Å². The quantitative estimate of drug-likeness (QED) is 0.840. The fourth-order valence-corrected chi connectivity index (χ4v) is 1.43. The molecule has 0 aromatic heterocycles. The second-order valence-electron chi connectivity index (χ2n) is 4.42. The summed E-state index contributed by atoms with van der Waals surface area (Å²) in [5.74, 6) is -0.701. The maximum Gasteiger partial charge on any atom is 0.254 e. The van der Waals surface area contributed by atoms with Gasteiger partial charge in [-0.2, -0.15) is 0 Å². The standard InChI is InChI=1S/C13H19FN2O2/c1-4-13(2,8-15)16-12(17)10-6-5-9(18-3)7-11(10)14/h5-7H,4,8,15H2,1-3H3,(H,16,17). The van der Waals surface area contributed by atoms with Gasteiger partial charge in [-0.3, -0.25) is 4.79 Å². The molecule has 3 N–H and O–H groups in total. The van der Waals surface area contributed by atoms with Crippen LogP contribution in [0.5, 0.6) is 5.75 Å². The number of hydrogen-bond acceptors (Lipinski definition) is 3. The Balaban J connectivity index is 2.91. The number of methoxy groups -OCH3 is 1. The number of amides is 1. The first-order chi connectivity index (χ1) is 8.45. The van der Waals surface area contributed by atoms with Crippen LogP contribution in [0.1, 0.15) is 30.6 Å². The highest BCUT2D eigenvalue weighted by Crippen LogP contribution is 2.17. The number of nitrogens with one attached hydrogen (secondary N) is 1. The molecule has 0 bridgehead atoms. The summed E-state index contributed by atoms with van der Waals surface area (Å²) in [5, 5.41) is 2.74. The van der Waals surface area contributed by atoms with E-state index in [0.29, 0.717) is 18.7 Å². The monoisotopic (exact) mass is 254 g/mol. The lowest BCUT2D eigenvalue weighted by Gasteiger charge is -2.28. The zero-order valence-electron chi connectivity index (χ0n) is 10.9. The highest BCUT2D eigenvalue weighted by atomic mass is 19.1. The molecule has 0 spiro atoms. The van der Waals surface area contributed by atoms with Crippen molar-refractivity contribution >= 4 is 5.91 Å². The lowest BCUT2D eigenvalue weighted by Crippen LogP contribution is -2.51. The van der Waals surface area contributed by atoms with Gasteiger partial charge >= 0.3 is 0 Å². The fourth-order valence-electron chi connectivity index (χ4n) is 1.43. The van der Waals surface area contributed by atoms with Gasteiger partial charge in [0.05, 0.1) is 12.7 Å². The summed E-state index contributed by atoms with van der Waals surface area (Å²) in [5.41, 5.74) is 5.06. The number of ether oxygens (including phenoxy) is 1. The van der Waals surface area contributed by atoms with E-state index in [-0.39, 0.29) is 5.56 Å². The van der Waals surface area contributed by atoms with Gasteiger partial charge in [-0.15, -0.1) is 0 Å². The molecule has 18 heavy (non-hydrogen) atoms. The van der Waals surface area contributed by atoms with Gasteiger partial charge in [-0.25, -0.2) is 4.39 Å². The molecule has 0 aliphatic rings. The van der Waals surface area contributed by atoms with Crippen molar-refractivity contribution < 1.29 is 13.9 Å². The third kappa shape index (κ3) is 3.20. The van der Waals surface area contributed by atoms with E-state index in [4.69, 9.17) is 10.5 Å². The smallest absolute Gasteiger partial charge is 0.254 e. The van der Waals surface area contributed by atoms with E-state index in [1.165, 1.54) is 19.2 Å². The Kier molecular flexibility index (Phi) is 4.67. The molecule has 1 aromatic carbocycles. The molecular weight excluding hydrogens is 235 g/mol. The van der Waals surface area contributed by atoms with Crippen LogP contribution >= 0.6 is 0 Å². The van der Waals surface area contributed by atoms with Gasteiger partial charge in [0.1, 0.15) is 11.6 Å². The van der Waals surface area contributed by atoms with Crippen molar-refractivity contribution in [2.24, 2.45) is 5.73 Å². The Hall–Kier alpha value is -1.62. The predicted molar refractivity (Wildman–Crippen MR) is 68.2 cm³/mol. The van der Waals surface area contributed by atoms with E-state index in [2.05, 4.69) is 5.32 Å². The second kappa shape index (κ2) is 5.82. The van der Waals surface area contributed by atoms with Crippen molar-refractivity contribution in [2.45, 2.75) is 25.8 Å². The molecule has 0 aliphatic heterocycles. The van der Waals surface area contributed by atoms with E-state index in [1.54, 1.807) is 6.07 Å². The van der Waals surface area contributed by atoms with Gasteiger partial charge in [-0.1, -0.05) is 6.92 Å². The van der Waals surface area contributed by atoms with Crippen molar-refractivity contribution in [3.63, 3.8) is 0 Å². The molecule has 1 unspecified atom stereocenters. The minimum Gasteiger partial charge on any atom is -0.497 e. The molecule has 1 aromatic rings. The van der Waals surface area contributed by atoms with E-state index >= 15 is 0 Å². The van der Waals surface area contributed by atoms with Crippen LogP contribution < -0.4 is 15.8 Å². The minimum atomic E-state index is -0.609. The summed E-state index contributed by atoms with van der Waals surface area (Å²) >= 11 is 0. The van der Waals surface area contributed by atoms with Crippen molar-refractivity contribution in [1.82, 2.24) is 5.32 Å². The first-order valence-electron chi connectivity index (χ1n) is 5.82. The summed E-state index contributed by atoms with van der Waals surface area (Å²) in [6.07, 6.45) is 0.674. The van der Waals surface area contributed by atoms with E-state index < -0.39 is 17.3 Å². The van der Waals surface area contributed by atoms with Crippen molar-refractivity contribution in [3.8, 4) is 5.75 Å². The Bertz CT molecular complexity index is 431. The maximum atomic E-state index is 13.7. The number of carbonyl (C=O) groups excluding carboxylic acids is 1. The Morgan fingerprint density at radius 2 is 2.22 bits per heavy atom. The van der Waals surface area contributed by atoms with Crippen LogP contribution in [0.4, 0.5) is 4.39 Å². The SMILES string of the molecule is CCC(C)(CN)NC(=O)c1ccc(OC)cc1F. The van der Waals surface area contributed by atoms with Crippen LogP contribution in [0, 0.1) is 5.82 Å². The molecule has 0 saturated heterocycles. The summed E-state index contributed by atoms with van der Waals surface area (Å²) < 4.78 is 18.6. The molecule has 1 rings (SSSR count). The van der Waals surface area contributed by atoms with E-state index in [0.717, 1.165) is 0 Å². The molecule has 5 heteroatoms. The molecule has 0 fully saturated rings. The molecule has 100 valence electrons. The fraction of sp³-hybridized carbons (Fsp3) is 0.462. The molecule has 0 radical (unpaired) electrons. The normalized spacial score (nSPS) is 13.8. The zero-order valence-corrected chi connectivity index (χ0v) is 10.9. The van der Waals surface area contributed by atoms with E-state index in [1.807, 2.05) is 13.8 Å². The van der Waals surface area contributed by atoms with Crippen LogP contribution in [0.2, 0.25) is 0 Å². The van der Waals surface area contributed by atoms with Crippen LogP contribution in [-0.2, 0) is 0 Å². The van der Waals surface area contributed by atoms with Crippen LogP contribution in [-0.4, -0.2) is 25.1 Å². The van der Waals surface area contributed by atoms with E-state index in [9.17, 15) is 9.18 Å². The summed E-state index contributed by atoms with van der Waals surface area (Å²) in [7, 11) is 1.44. The summed E-state index contributed by atoms with van der Waals surface area (Å²) in [4.78, 5) is 12.0. The third-order valence-electron chi connectivity index (χ3n) is 3.07. The zero-order chi connectivity index (χ0) is 13.8. The summed E-state index contributed by atoms with van der Waals surface area (Å²) in [6, 6.07) is 4.13. The lowest BCUT2D eigenvalue weighted by molar-refractivity contribution is 0.0902. The number of halogens is 1. The highest BCUT2D eigenvalue weighted by molar-refractivity contribution is 5.95. The number of nitrogens with two attached hydrogens (primary N) is 1. The van der Waals surface area contributed by atoms with Gasteiger partial charge in [-0.05, 0) is 25.5 Å². The summed E-state index contributed by atoms with van der Waals surface area (Å²) in [6.45, 7) is 4.04. The first-order valence-corrected chi connectivity index (χ1v) is 5.82. The Morgan fingerprint density at radius 1 is 1.56 bits per heavy atom. The average Bonchev–Trinajstić information content (AvgIpc) is 2.38. The van der Waals surface area contributed by atoms with Gasteiger partial charge in [0, 0.05) is 18.2 Å². The molecule has 0 aliphatic carbocycles. The third-order valence-corrected chi connectivity index (χ3v) is 3.07. The van der Waals surface area contributed by atoms with Gasteiger partial charge < -0.3 is 15.8 Å². The van der Waals surface area contributed by atoms with Crippen LogP contribution in [0.25, 0.3) is 0 Å². The van der Waals surface area contributed by atoms with Gasteiger partial charge in [0.25, 0.3) is 5.91 Å². The molecule has 0 saturated carbocycles. The Labute approximate surface area is 106 Å². The molecule has 0 heterocycles. The van der Waals surface area contributed by atoms with Gasteiger partial charge in [0.2, 0.25) is 0 Å². The number of rotatable bonds is 5. The highest BCUT2D eigenvalue weighted by Gasteiger charge is 2.24. The average molecular weight is 254 g/mol. The molecule has 1 amide bonds. The lowest BCUT2D eigenvalue weighted by atomic mass is 9.98. The maximum absolute atomic E-state index is 13.7. The van der Waals surface area contributed by atoms with Crippen molar-refractivity contribution in [3.05, 3.63) is 29.6 Å². The van der Waals surface area contributed by atoms with Gasteiger partial charge in [0.15, 0.2) is 0 Å². The number of benzene rings is 1. The topological polar surface area (TPSA) is 64.3 Å². The minimum absolute atomic E-state index is 0.0103. The predicted octanol–water partition coefficient (Wildman–Crippen LogP) is 1.69.